The van der Waals surface area contributed by atoms with Gasteiger partial charge in [0.25, 0.3) is 0 Å². The molecule has 4 heteroatoms. The highest BCUT2D eigenvalue weighted by atomic mass is 16.3. The van der Waals surface area contributed by atoms with Crippen molar-refractivity contribution in [1.82, 2.24) is 0 Å². The first kappa shape index (κ1) is 7.30. The second-order valence-electron chi connectivity index (χ2n) is 1.27. The van der Waals surface area contributed by atoms with Gasteiger partial charge in [-0.1, -0.05) is 0 Å². The van der Waals surface area contributed by atoms with E-state index in [0.29, 0.717) is 0 Å². The normalized spacial score (nSPS) is 12.2. The fourth-order valence-electron chi connectivity index (χ4n) is 0.200. The molecule has 8 heavy (non-hydrogen) atoms. The van der Waals surface area contributed by atoms with E-state index < -0.39 is 6.10 Å². The highest BCUT2D eigenvalue weighted by Gasteiger charge is 1.96. The van der Waals surface area contributed by atoms with Gasteiger partial charge in [-0.25, -0.2) is 9.79 Å². The minimum absolute atomic E-state index is 0.0694. The van der Waals surface area contributed by atoms with Gasteiger partial charge in [-0.15, -0.1) is 0 Å². The standard InChI is InChI=1S/C4H7NO3/c6-2-4(8)1-5-3-7/h4,6,8H,1-2H2. The van der Waals surface area contributed by atoms with Gasteiger partial charge in [0.05, 0.1) is 19.3 Å². The van der Waals surface area contributed by atoms with Gasteiger partial charge in [-0.3, -0.25) is 0 Å². The van der Waals surface area contributed by atoms with Crippen LogP contribution < -0.4 is 0 Å². The highest BCUT2D eigenvalue weighted by molar-refractivity contribution is 5.32. The molecular formula is C4H7NO3. The Morgan fingerprint density at radius 3 is 2.75 bits per heavy atom. The Balaban J connectivity index is 3.23. The second-order valence-corrected chi connectivity index (χ2v) is 1.27. The zero-order valence-corrected chi connectivity index (χ0v) is 4.24. The Labute approximate surface area is 46.5 Å². The van der Waals surface area contributed by atoms with Crippen LogP contribution in [0.2, 0.25) is 0 Å². The van der Waals surface area contributed by atoms with Crippen molar-refractivity contribution in [3.8, 4) is 0 Å². The van der Waals surface area contributed by atoms with Gasteiger partial charge in [0, 0.05) is 0 Å². The molecule has 0 spiro atoms. The zero-order chi connectivity index (χ0) is 6.41. The molecule has 0 rings (SSSR count). The van der Waals surface area contributed by atoms with Gasteiger partial charge in [-0.2, -0.15) is 0 Å². The number of aliphatic imine (C=N–C) groups is 1. The van der Waals surface area contributed by atoms with Gasteiger partial charge >= 0.3 is 0 Å². The molecule has 0 saturated carbocycles. The van der Waals surface area contributed by atoms with Crippen molar-refractivity contribution < 1.29 is 15.0 Å². The number of hydrogen-bond acceptors (Lipinski definition) is 4. The van der Waals surface area contributed by atoms with Gasteiger partial charge in [0.15, 0.2) is 0 Å². The van der Waals surface area contributed by atoms with Crippen LogP contribution in [0, 0.1) is 0 Å². The number of aliphatic hydroxyl groups excluding tert-OH is 2. The van der Waals surface area contributed by atoms with Gasteiger partial charge in [0.2, 0.25) is 6.08 Å². The van der Waals surface area contributed by atoms with Crippen molar-refractivity contribution >= 4 is 6.08 Å². The molecule has 0 radical (unpaired) electrons. The minimum atomic E-state index is -0.920. The Bertz CT molecular complexity index is 97.5. The molecule has 0 bridgehead atoms. The molecular weight excluding hydrogens is 110 g/mol. The van der Waals surface area contributed by atoms with Crippen LogP contribution in [-0.2, 0) is 4.79 Å². The lowest BCUT2D eigenvalue weighted by Gasteiger charge is -1.97. The number of isocyanates is 1. The summed E-state index contributed by atoms with van der Waals surface area (Å²) in [7, 11) is 0. The molecule has 0 fully saturated rings. The fourth-order valence-corrected chi connectivity index (χ4v) is 0.200. The molecule has 0 saturated heterocycles. The molecule has 0 amide bonds. The molecule has 1 atom stereocenters. The Morgan fingerprint density at radius 1 is 1.75 bits per heavy atom. The van der Waals surface area contributed by atoms with Crippen LogP contribution in [0.1, 0.15) is 0 Å². The third-order valence-electron chi connectivity index (χ3n) is 0.577. The minimum Gasteiger partial charge on any atom is -0.394 e. The lowest BCUT2D eigenvalue weighted by atomic mass is 10.4. The second kappa shape index (κ2) is 4.46. The van der Waals surface area contributed by atoms with E-state index in [2.05, 4.69) is 4.99 Å². The summed E-state index contributed by atoms with van der Waals surface area (Å²) >= 11 is 0. The van der Waals surface area contributed by atoms with Crippen LogP contribution in [0.4, 0.5) is 0 Å². The molecule has 0 aromatic heterocycles. The van der Waals surface area contributed by atoms with E-state index in [1.165, 1.54) is 6.08 Å². The smallest absolute Gasteiger partial charge is 0.235 e. The van der Waals surface area contributed by atoms with Crippen molar-refractivity contribution in [3.05, 3.63) is 0 Å². The third-order valence-corrected chi connectivity index (χ3v) is 0.577. The summed E-state index contributed by atoms with van der Waals surface area (Å²) in [5.41, 5.74) is 0. The predicted octanol–water partition coefficient (Wildman–Crippen LogP) is -1.32. The number of nitrogens with zero attached hydrogens (tertiary/aromatic N) is 1. The third kappa shape index (κ3) is 3.49. The van der Waals surface area contributed by atoms with Crippen molar-refractivity contribution in [3.63, 3.8) is 0 Å². The van der Waals surface area contributed by atoms with E-state index in [0.717, 1.165) is 0 Å². The maximum absolute atomic E-state index is 9.34. The largest absolute Gasteiger partial charge is 0.394 e. The Morgan fingerprint density at radius 2 is 2.38 bits per heavy atom. The molecule has 0 aliphatic rings. The molecule has 4 nitrogen and oxygen atoms in total. The monoisotopic (exact) mass is 117 g/mol. The van der Waals surface area contributed by atoms with E-state index in [4.69, 9.17) is 10.2 Å². The quantitative estimate of drug-likeness (QED) is 0.355. The lowest BCUT2D eigenvalue weighted by Crippen LogP contribution is -2.15. The zero-order valence-electron chi connectivity index (χ0n) is 4.24. The van der Waals surface area contributed by atoms with E-state index in [-0.39, 0.29) is 13.2 Å². The number of hydrogen-bond donors (Lipinski definition) is 2. The summed E-state index contributed by atoms with van der Waals surface area (Å²) in [5.74, 6) is 0. The summed E-state index contributed by atoms with van der Waals surface area (Å²) in [6.07, 6.45) is 0.317. The first-order chi connectivity index (χ1) is 3.81. The van der Waals surface area contributed by atoms with Crippen molar-refractivity contribution in [1.29, 1.82) is 0 Å². The maximum atomic E-state index is 9.34. The van der Waals surface area contributed by atoms with Crippen molar-refractivity contribution in [2.75, 3.05) is 13.2 Å². The van der Waals surface area contributed by atoms with Crippen molar-refractivity contribution in [2.24, 2.45) is 4.99 Å². The summed E-state index contributed by atoms with van der Waals surface area (Å²) in [6, 6.07) is 0. The van der Waals surface area contributed by atoms with Crippen LogP contribution >= 0.6 is 0 Å². The molecule has 0 aliphatic carbocycles. The van der Waals surface area contributed by atoms with E-state index in [1.807, 2.05) is 0 Å². The summed E-state index contributed by atoms with van der Waals surface area (Å²) in [4.78, 5) is 12.4. The van der Waals surface area contributed by atoms with E-state index in [1.54, 1.807) is 0 Å². The maximum Gasteiger partial charge on any atom is 0.235 e. The van der Waals surface area contributed by atoms with Crippen LogP contribution in [-0.4, -0.2) is 35.5 Å². The molecule has 0 aliphatic heterocycles. The summed E-state index contributed by atoms with van der Waals surface area (Å²) in [6.45, 7) is -0.439. The molecule has 46 valence electrons. The fraction of sp³-hybridized carbons (Fsp3) is 0.750. The number of rotatable bonds is 3. The molecule has 0 aromatic carbocycles. The lowest BCUT2D eigenvalue weighted by molar-refractivity contribution is 0.102. The topological polar surface area (TPSA) is 69.9 Å². The predicted molar refractivity (Wildman–Crippen MR) is 26.1 cm³/mol. The summed E-state index contributed by atoms with van der Waals surface area (Å²) in [5, 5.41) is 16.6. The average Bonchev–Trinajstić information content (AvgIpc) is 1.83. The van der Waals surface area contributed by atoms with Crippen LogP contribution in [0.25, 0.3) is 0 Å². The first-order valence-corrected chi connectivity index (χ1v) is 2.13. The number of aliphatic hydroxyl groups is 2. The Hall–Kier alpha value is -0.700. The van der Waals surface area contributed by atoms with E-state index >= 15 is 0 Å². The van der Waals surface area contributed by atoms with Gasteiger partial charge in [-0.05, 0) is 0 Å². The molecule has 0 aromatic rings. The van der Waals surface area contributed by atoms with Crippen molar-refractivity contribution in [2.45, 2.75) is 6.10 Å². The highest BCUT2D eigenvalue weighted by Crippen LogP contribution is 1.78. The van der Waals surface area contributed by atoms with Gasteiger partial charge in [0.1, 0.15) is 0 Å². The van der Waals surface area contributed by atoms with Gasteiger partial charge < -0.3 is 10.2 Å². The first-order valence-electron chi connectivity index (χ1n) is 2.13. The molecule has 0 heterocycles. The van der Waals surface area contributed by atoms with Crippen LogP contribution in [0.3, 0.4) is 0 Å². The molecule has 2 N–H and O–H groups in total. The van der Waals surface area contributed by atoms with Crippen LogP contribution in [0.5, 0.6) is 0 Å². The summed E-state index contributed by atoms with van der Waals surface area (Å²) < 4.78 is 0. The SMILES string of the molecule is O=C=NCC(O)CO. The average molecular weight is 117 g/mol. The molecule has 1 unspecified atom stereocenters. The Kier molecular flexibility index (Phi) is 4.07. The van der Waals surface area contributed by atoms with E-state index in [9.17, 15) is 4.79 Å². The van der Waals surface area contributed by atoms with Crippen LogP contribution in [0.15, 0.2) is 4.99 Å². The number of carbonyl (C=O) groups excluding carboxylic acids is 1.